The largest absolute Gasteiger partial charge is 0.278 e. The molecular formula is C18H25NS2. The molecule has 1 unspecified atom stereocenters. The average Bonchev–Trinajstić information content (AvgIpc) is 2.84. The van der Waals surface area contributed by atoms with Crippen molar-refractivity contribution in [3.8, 4) is 0 Å². The number of allylic oxidation sites excluding steroid dienone is 1. The van der Waals surface area contributed by atoms with Crippen molar-refractivity contribution in [2.45, 2.75) is 39.0 Å². The highest BCUT2D eigenvalue weighted by atomic mass is 32.3. The third-order valence-corrected chi connectivity index (χ3v) is 8.58. The summed E-state index contributed by atoms with van der Waals surface area (Å²) in [5.41, 5.74) is 4.58. The Bertz CT molecular complexity index is 722. The Morgan fingerprint density at radius 1 is 1.14 bits per heavy atom. The molecular weight excluding hydrogens is 294 g/mol. The summed E-state index contributed by atoms with van der Waals surface area (Å²) in [5, 5.41) is 2.00. The van der Waals surface area contributed by atoms with E-state index in [1.807, 2.05) is 11.3 Å². The van der Waals surface area contributed by atoms with Gasteiger partial charge in [-0.15, -0.1) is 11.3 Å². The second kappa shape index (κ2) is 5.15. The third kappa shape index (κ3) is 2.36. The lowest BCUT2D eigenvalue weighted by Gasteiger charge is -2.41. The highest BCUT2D eigenvalue weighted by molar-refractivity contribution is 8.31. The Kier molecular flexibility index (Phi) is 3.71. The average molecular weight is 320 g/mol. The van der Waals surface area contributed by atoms with Crippen LogP contribution in [0.5, 0.6) is 0 Å². The Morgan fingerprint density at radius 2 is 1.81 bits per heavy atom. The number of nitrogens with one attached hydrogen (secondary N) is 1. The van der Waals surface area contributed by atoms with E-state index in [-0.39, 0.29) is 0 Å². The van der Waals surface area contributed by atoms with Crippen molar-refractivity contribution in [3.05, 3.63) is 40.3 Å². The molecule has 0 fully saturated rings. The molecule has 114 valence electrons. The maximum atomic E-state index is 3.85. The van der Waals surface area contributed by atoms with Gasteiger partial charge in [0.2, 0.25) is 0 Å². The minimum atomic E-state index is -0.900. The van der Waals surface area contributed by atoms with Gasteiger partial charge < -0.3 is 0 Å². The van der Waals surface area contributed by atoms with Gasteiger partial charge in [-0.05, 0) is 51.8 Å². The van der Waals surface area contributed by atoms with E-state index >= 15 is 0 Å². The first-order valence-corrected chi connectivity index (χ1v) is 10.8. The molecule has 1 atom stereocenters. The van der Waals surface area contributed by atoms with Crippen LogP contribution in [-0.2, 0) is 0 Å². The van der Waals surface area contributed by atoms with E-state index in [4.69, 9.17) is 0 Å². The van der Waals surface area contributed by atoms with Crippen molar-refractivity contribution in [1.29, 1.82) is 0 Å². The molecule has 3 rings (SSSR count). The second-order valence-electron chi connectivity index (χ2n) is 6.70. The zero-order valence-corrected chi connectivity index (χ0v) is 15.4. The standard InChI is InChI=1S/C18H25NS2/c1-11(2)19-21(5,6)18-13(4)12(3)16-14-9-7-8-10-15(14)20-17(16)18/h7-11,18-19H,1-6H3. The van der Waals surface area contributed by atoms with Crippen molar-refractivity contribution in [3.63, 3.8) is 0 Å². The molecule has 1 aromatic carbocycles. The zero-order valence-electron chi connectivity index (χ0n) is 13.8. The zero-order chi connectivity index (χ0) is 15.4. The van der Waals surface area contributed by atoms with Crippen LogP contribution < -0.4 is 4.72 Å². The van der Waals surface area contributed by atoms with E-state index in [1.165, 1.54) is 21.2 Å². The minimum Gasteiger partial charge on any atom is -0.278 e. The lowest BCUT2D eigenvalue weighted by molar-refractivity contribution is 0.758. The molecule has 0 radical (unpaired) electrons. The highest BCUT2D eigenvalue weighted by Gasteiger charge is 2.37. The predicted molar refractivity (Wildman–Crippen MR) is 101 cm³/mol. The molecule has 1 N–H and O–H groups in total. The molecule has 2 aromatic rings. The predicted octanol–water partition coefficient (Wildman–Crippen LogP) is 5.73. The van der Waals surface area contributed by atoms with Crippen molar-refractivity contribution in [1.82, 2.24) is 4.72 Å². The molecule has 0 spiro atoms. The molecule has 3 heteroatoms. The number of fused-ring (bicyclic) bond motifs is 3. The van der Waals surface area contributed by atoms with E-state index in [1.54, 1.807) is 10.5 Å². The van der Waals surface area contributed by atoms with Gasteiger partial charge in [0.05, 0.1) is 5.25 Å². The Labute approximate surface area is 133 Å². The van der Waals surface area contributed by atoms with E-state index < -0.39 is 10.2 Å². The molecule has 0 saturated heterocycles. The van der Waals surface area contributed by atoms with Gasteiger partial charge in [0.15, 0.2) is 0 Å². The number of hydrogen-bond acceptors (Lipinski definition) is 2. The van der Waals surface area contributed by atoms with Crippen molar-refractivity contribution in [2.75, 3.05) is 12.5 Å². The Morgan fingerprint density at radius 3 is 2.48 bits per heavy atom. The fourth-order valence-electron chi connectivity index (χ4n) is 3.61. The quantitative estimate of drug-likeness (QED) is 0.762. The summed E-state index contributed by atoms with van der Waals surface area (Å²) in [5.74, 6) is 0. The Balaban J connectivity index is 2.19. The van der Waals surface area contributed by atoms with E-state index in [0.29, 0.717) is 11.3 Å². The van der Waals surface area contributed by atoms with Crippen LogP contribution in [-0.4, -0.2) is 18.6 Å². The molecule has 0 amide bonds. The van der Waals surface area contributed by atoms with Gasteiger partial charge in [-0.3, -0.25) is 4.72 Å². The van der Waals surface area contributed by atoms with Gasteiger partial charge in [-0.2, -0.15) is 10.2 Å². The fraction of sp³-hybridized carbons (Fsp3) is 0.444. The van der Waals surface area contributed by atoms with Gasteiger partial charge >= 0.3 is 0 Å². The first-order chi connectivity index (χ1) is 9.83. The molecule has 21 heavy (non-hydrogen) atoms. The summed E-state index contributed by atoms with van der Waals surface area (Å²) in [6.45, 7) is 9.14. The number of rotatable bonds is 3. The van der Waals surface area contributed by atoms with Gasteiger partial charge in [0, 0.05) is 26.6 Å². The molecule has 0 bridgehead atoms. The normalized spacial score (nSPS) is 19.7. The molecule has 1 nitrogen and oxygen atoms in total. The van der Waals surface area contributed by atoms with Crippen molar-refractivity contribution >= 4 is 37.2 Å². The van der Waals surface area contributed by atoms with Crippen LogP contribution in [0, 0.1) is 0 Å². The van der Waals surface area contributed by atoms with Crippen molar-refractivity contribution in [2.24, 2.45) is 0 Å². The molecule has 1 aromatic heterocycles. The van der Waals surface area contributed by atoms with Crippen LogP contribution >= 0.6 is 21.6 Å². The summed E-state index contributed by atoms with van der Waals surface area (Å²) in [6, 6.07) is 9.38. The molecule has 1 aliphatic carbocycles. The van der Waals surface area contributed by atoms with Crippen LogP contribution in [0.15, 0.2) is 29.8 Å². The van der Waals surface area contributed by atoms with Crippen LogP contribution in [0.1, 0.15) is 43.4 Å². The number of benzene rings is 1. The fourth-order valence-corrected chi connectivity index (χ4v) is 8.85. The summed E-state index contributed by atoms with van der Waals surface area (Å²) in [4.78, 5) is 1.58. The number of hydrogen-bond donors (Lipinski definition) is 1. The Hall–Kier alpha value is -0.770. The topological polar surface area (TPSA) is 12.0 Å². The summed E-state index contributed by atoms with van der Waals surface area (Å²) >= 11 is 2.00. The summed E-state index contributed by atoms with van der Waals surface area (Å²) in [6.07, 6.45) is 4.85. The van der Waals surface area contributed by atoms with Crippen LogP contribution in [0.25, 0.3) is 15.7 Å². The molecule has 0 aliphatic heterocycles. The van der Waals surface area contributed by atoms with E-state index in [9.17, 15) is 0 Å². The maximum absolute atomic E-state index is 3.85. The molecule has 0 saturated carbocycles. The van der Waals surface area contributed by atoms with Gasteiger partial charge in [-0.1, -0.05) is 23.8 Å². The van der Waals surface area contributed by atoms with Crippen LogP contribution in [0.2, 0.25) is 0 Å². The van der Waals surface area contributed by atoms with E-state index in [0.717, 1.165) is 0 Å². The molecule has 1 heterocycles. The summed E-state index contributed by atoms with van der Waals surface area (Å²) in [7, 11) is -0.900. The highest BCUT2D eigenvalue weighted by Crippen LogP contribution is 2.63. The molecule has 1 aliphatic rings. The lowest BCUT2D eigenvalue weighted by atomic mass is 10.1. The smallest absolute Gasteiger partial charge is 0.0562 e. The van der Waals surface area contributed by atoms with Gasteiger partial charge in [-0.25, -0.2) is 0 Å². The van der Waals surface area contributed by atoms with Crippen LogP contribution in [0.3, 0.4) is 0 Å². The first kappa shape index (κ1) is 15.1. The lowest BCUT2D eigenvalue weighted by Crippen LogP contribution is -2.29. The van der Waals surface area contributed by atoms with Crippen LogP contribution in [0.4, 0.5) is 0 Å². The van der Waals surface area contributed by atoms with E-state index in [2.05, 4.69) is 69.2 Å². The van der Waals surface area contributed by atoms with Crippen molar-refractivity contribution < 1.29 is 0 Å². The van der Waals surface area contributed by atoms with Gasteiger partial charge in [0.1, 0.15) is 0 Å². The van der Waals surface area contributed by atoms with Gasteiger partial charge in [0.25, 0.3) is 0 Å². The SMILES string of the molecule is CC1=C(C)C(S(C)(C)NC(C)C)c2sc3ccccc3c21. The monoisotopic (exact) mass is 319 g/mol. The summed E-state index contributed by atoms with van der Waals surface area (Å²) < 4.78 is 5.28. The maximum Gasteiger partial charge on any atom is 0.0562 e. The first-order valence-electron chi connectivity index (χ1n) is 7.51. The second-order valence-corrected chi connectivity index (χ2v) is 11.3. The number of thiophene rings is 1. The third-order valence-electron chi connectivity index (χ3n) is 4.35. The minimum absolute atomic E-state index is 0.529.